The number of carbonyl (C=O) groups is 2. The monoisotopic (exact) mass is 739 g/mol. The van der Waals surface area contributed by atoms with E-state index in [0.29, 0.717) is 25.6 Å². The first-order valence-electron chi connectivity index (χ1n) is 19.8. The Morgan fingerprint density at radius 3 is 2.50 bits per heavy atom. The number of nitrogens with zero attached hydrogens (tertiary/aromatic N) is 6. The molecule has 14 heteroatoms. The highest BCUT2D eigenvalue weighted by Crippen LogP contribution is 2.25. The van der Waals surface area contributed by atoms with E-state index in [1.165, 1.54) is 32.1 Å². The third-order valence-electron chi connectivity index (χ3n) is 10.3. The van der Waals surface area contributed by atoms with E-state index >= 15 is 0 Å². The summed E-state index contributed by atoms with van der Waals surface area (Å²) in [6, 6.07) is 17.4. The zero-order valence-corrected chi connectivity index (χ0v) is 31.4. The Kier molecular flexibility index (Phi) is 15.0. The second kappa shape index (κ2) is 20.7. The molecule has 54 heavy (non-hydrogen) atoms. The first-order valence-corrected chi connectivity index (χ1v) is 19.8. The van der Waals surface area contributed by atoms with Crippen LogP contribution in [0.3, 0.4) is 0 Å². The van der Waals surface area contributed by atoms with Crippen molar-refractivity contribution in [3.05, 3.63) is 72.1 Å². The van der Waals surface area contributed by atoms with Crippen LogP contribution in [-0.4, -0.2) is 92.6 Å². The number of fused-ring (bicyclic) bond motifs is 1. The lowest BCUT2D eigenvalue weighted by molar-refractivity contribution is -0.146. The van der Waals surface area contributed by atoms with Gasteiger partial charge in [0.05, 0.1) is 18.3 Å². The minimum Gasteiger partial charge on any atom is -0.460 e. The summed E-state index contributed by atoms with van der Waals surface area (Å²) < 4.78 is 7.23. The summed E-state index contributed by atoms with van der Waals surface area (Å²) in [5.74, 6) is 0.780. The lowest BCUT2D eigenvalue weighted by atomic mass is 9.95. The van der Waals surface area contributed by atoms with Gasteiger partial charge in [0.1, 0.15) is 24.2 Å². The van der Waals surface area contributed by atoms with Crippen molar-refractivity contribution in [1.29, 1.82) is 0 Å². The molecule has 1 atom stereocenters. The highest BCUT2D eigenvalue weighted by Gasteiger charge is 2.25. The van der Waals surface area contributed by atoms with Crippen molar-refractivity contribution in [3.8, 4) is 0 Å². The number of ether oxygens (including phenoxy) is 1. The molecular formula is C40H57N11O3. The average Bonchev–Trinajstić information content (AvgIpc) is 3.67. The maximum Gasteiger partial charge on any atom is 0.323 e. The molecule has 14 nitrogen and oxygen atoms in total. The smallest absolute Gasteiger partial charge is 0.323 e. The summed E-state index contributed by atoms with van der Waals surface area (Å²) in [4.78, 5) is 36.8. The molecule has 1 amide bonds. The summed E-state index contributed by atoms with van der Waals surface area (Å²) in [6.45, 7) is 5.73. The van der Waals surface area contributed by atoms with Gasteiger partial charge in [0.15, 0.2) is 0 Å². The second-order valence-corrected chi connectivity index (χ2v) is 14.5. The van der Waals surface area contributed by atoms with Crippen LogP contribution in [-0.2, 0) is 34.0 Å². The summed E-state index contributed by atoms with van der Waals surface area (Å²) in [7, 11) is 0. The number of aromatic nitrogens is 5. The van der Waals surface area contributed by atoms with E-state index in [1.54, 1.807) is 0 Å². The van der Waals surface area contributed by atoms with E-state index < -0.39 is 12.0 Å². The van der Waals surface area contributed by atoms with Gasteiger partial charge in [-0.3, -0.25) is 14.3 Å². The molecular weight excluding hydrogens is 683 g/mol. The molecule has 2 aliphatic rings. The number of anilines is 2. The highest BCUT2D eigenvalue weighted by molar-refractivity contribution is 5.90. The van der Waals surface area contributed by atoms with Gasteiger partial charge in [-0.2, -0.15) is 4.98 Å². The van der Waals surface area contributed by atoms with Gasteiger partial charge in [0.2, 0.25) is 11.9 Å². The lowest BCUT2D eigenvalue weighted by Crippen LogP contribution is -2.43. The van der Waals surface area contributed by atoms with Gasteiger partial charge in [0.25, 0.3) is 0 Å². The van der Waals surface area contributed by atoms with Crippen molar-refractivity contribution in [2.45, 2.75) is 108 Å². The largest absolute Gasteiger partial charge is 0.460 e. The van der Waals surface area contributed by atoms with Gasteiger partial charge in [-0.05, 0) is 82.3 Å². The van der Waals surface area contributed by atoms with E-state index in [2.05, 4.69) is 31.6 Å². The van der Waals surface area contributed by atoms with E-state index in [-0.39, 0.29) is 31.4 Å². The zero-order valence-electron chi connectivity index (χ0n) is 31.4. The van der Waals surface area contributed by atoms with E-state index in [9.17, 15) is 9.59 Å². The van der Waals surface area contributed by atoms with Crippen LogP contribution in [0.15, 0.2) is 60.8 Å². The van der Waals surface area contributed by atoms with Crippen LogP contribution < -0.4 is 27.0 Å². The zero-order chi connectivity index (χ0) is 37.4. The molecule has 0 unspecified atom stereocenters. The SMILES string of the molecule is N[C@@H](CCC(=O)N1CCC(Nc2nc(NCc3cn(CCCNCCCNC4CCCCC4)nn3)nc3ccccc23)CC1)C(=O)OCc1ccccc1. The fourth-order valence-corrected chi connectivity index (χ4v) is 7.14. The predicted octanol–water partition coefficient (Wildman–Crippen LogP) is 4.38. The molecule has 4 aromatic rings. The Labute approximate surface area is 318 Å². The lowest BCUT2D eigenvalue weighted by Gasteiger charge is -2.33. The van der Waals surface area contributed by atoms with E-state index in [4.69, 9.17) is 20.4 Å². The summed E-state index contributed by atoms with van der Waals surface area (Å²) in [6.07, 6.45) is 12.9. The molecule has 0 radical (unpaired) electrons. The first-order chi connectivity index (χ1) is 26.5. The van der Waals surface area contributed by atoms with Gasteiger partial charge >= 0.3 is 5.97 Å². The van der Waals surface area contributed by atoms with Crippen molar-refractivity contribution in [2.75, 3.05) is 43.4 Å². The Hall–Kier alpha value is -4.66. The number of rotatable bonds is 20. The van der Waals surface area contributed by atoms with Crippen LogP contribution in [0, 0.1) is 0 Å². The quantitative estimate of drug-likeness (QED) is 0.0640. The predicted molar refractivity (Wildman–Crippen MR) is 211 cm³/mol. The summed E-state index contributed by atoms with van der Waals surface area (Å²) >= 11 is 0. The van der Waals surface area contributed by atoms with Crippen LogP contribution in [0.2, 0.25) is 0 Å². The second-order valence-electron chi connectivity index (χ2n) is 14.5. The molecule has 0 bridgehead atoms. The minimum absolute atomic E-state index is 0.000311. The molecule has 2 aromatic heterocycles. The van der Waals surface area contributed by atoms with Crippen LogP contribution >= 0.6 is 0 Å². The number of likely N-dealkylation sites (tertiary alicyclic amines) is 1. The summed E-state index contributed by atoms with van der Waals surface area (Å²) in [5, 5.41) is 23.8. The number of piperidine rings is 1. The number of nitrogens with one attached hydrogen (secondary N) is 4. The van der Waals surface area contributed by atoms with Crippen molar-refractivity contribution in [2.24, 2.45) is 5.73 Å². The Balaban J connectivity index is 0.896. The molecule has 2 aromatic carbocycles. The third kappa shape index (κ3) is 12.2. The molecule has 2 fully saturated rings. The Morgan fingerprint density at radius 1 is 0.889 bits per heavy atom. The van der Waals surface area contributed by atoms with Gasteiger partial charge in [0, 0.05) is 43.5 Å². The van der Waals surface area contributed by atoms with Crippen LogP contribution in [0.1, 0.15) is 81.9 Å². The Morgan fingerprint density at radius 2 is 1.67 bits per heavy atom. The molecule has 6 rings (SSSR count). The molecule has 1 saturated carbocycles. The first kappa shape index (κ1) is 39.0. The van der Waals surface area contributed by atoms with Crippen molar-refractivity contribution in [3.63, 3.8) is 0 Å². The number of esters is 1. The van der Waals surface area contributed by atoms with Crippen molar-refractivity contribution >= 4 is 34.5 Å². The van der Waals surface area contributed by atoms with Gasteiger partial charge in [-0.15, -0.1) is 5.10 Å². The number of benzene rings is 2. The summed E-state index contributed by atoms with van der Waals surface area (Å²) in [5.41, 5.74) is 8.61. The highest BCUT2D eigenvalue weighted by atomic mass is 16.5. The minimum atomic E-state index is -0.835. The fourth-order valence-electron chi connectivity index (χ4n) is 7.14. The Bertz CT molecular complexity index is 1740. The molecule has 1 aliphatic carbocycles. The number of hydrogen-bond acceptors (Lipinski definition) is 12. The van der Waals surface area contributed by atoms with Gasteiger partial charge in [-0.25, -0.2) is 4.98 Å². The number of amides is 1. The van der Waals surface area contributed by atoms with Gasteiger partial charge < -0.3 is 36.6 Å². The molecule has 290 valence electrons. The fraction of sp³-hybridized carbons (Fsp3) is 0.550. The maximum atomic E-state index is 13.0. The van der Waals surface area contributed by atoms with E-state index in [0.717, 1.165) is 85.9 Å². The standard InChI is InChI=1S/C40H57N11O3/c41-35(39(53)54-29-30-11-3-1-4-12-30)17-18-37(52)50-25-19-32(20-26-50)45-38-34-15-7-8-16-36(34)46-40(47-38)44-27-33-28-51(49-48-33)24-10-22-42-21-9-23-43-31-13-5-2-6-14-31/h1,3-4,7-8,11-12,15-16,28,31-32,35,42-43H,2,5-6,9-10,13-14,17-27,29,41H2,(H2,44,45,46,47)/t35-/m0/s1. The van der Waals surface area contributed by atoms with Gasteiger partial charge in [-0.1, -0.05) is 66.9 Å². The van der Waals surface area contributed by atoms with Crippen LogP contribution in [0.4, 0.5) is 11.8 Å². The van der Waals surface area contributed by atoms with Crippen LogP contribution in [0.25, 0.3) is 10.9 Å². The van der Waals surface area contributed by atoms with Crippen molar-refractivity contribution < 1.29 is 14.3 Å². The van der Waals surface area contributed by atoms with Crippen molar-refractivity contribution in [1.82, 2.24) is 40.5 Å². The number of aryl methyl sites for hydroxylation is 1. The number of nitrogens with two attached hydrogens (primary N) is 1. The molecule has 1 saturated heterocycles. The number of hydrogen-bond donors (Lipinski definition) is 5. The molecule has 3 heterocycles. The number of para-hydroxylation sites is 1. The average molecular weight is 740 g/mol. The third-order valence-corrected chi connectivity index (χ3v) is 10.3. The van der Waals surface area contributed by atoms with E-state index in [1.807, 2.05) is 70.4 Å². The maximum absolute atomic E-state index is 13.0. The number of carbonyl (C=O) groups excluding carboxylic acids is 2. The normalized spacial score (nSPS) is 16.0. The topological polar surface area (TPSA) is 177 Å². The van der Waals surface area contributed by atoms with Crippen LogP contribution in [0.5, 0.6) is 0 Å². The molecule has 6 N–H and O–H groups in total. The molecule has 1 aliphatic heterocycles. The molecule has 0 spiro atoms.